The molecule has 1 aliphatic rings. The average molecular weight is 360 g/mol. The van der Waals surface area contributed by atoms with Gasteiger partial charge in [-0.05, 0) is 34.2 Å². The SMILES string of the molecule is CC1(C)CC(O)C(Oc2cc3sc(Br)nc3cc2F)C1. The van der Waals surface area contributed by atoms with Crippen LogP contribution >= 0.6 is 27.3 Å². The van der Waals surface area contributed by atoms with E-state index in [0.29, 0.717) is 15.9 Å². The Morgan fingerprint density at radius 2 is 2.20 bits per heavy atom. The fourth-order valence-electron chi connectivity index (χ4n) is 2.74. The Balaban J connectivity index is 1.89. The molecule has 0 radical (unpaired) electrons. The van der Waals surface area contributed by atoms with Gasteiger partial charge in [-0.15, -0.1) is 11.3 Å². The summed E-state index contributed by atoms with van der Waals surface area (Å²) in [5, 5.41) is 10.0. The molecule has 20 heavy (non-hydrogen) atoms. The highest BCUT2D eigenvalue weighted by molar-refractivity contribution is 9.11. The van der Waals surface area contributed by atoms with Gasteiger partial charge in [0.1, 0.15) is 6.10 Å². The molecule has 1 aromatic heterocycles. The summed E-state index contributed by atoms with van der Waals surface area (Å²) in [5.74, 6) is -0.248. The van der Waals surface area contributed by atoms with Crippen LogP contribution in [0.3, 0.4) is 0 Å². The smallest absolute Gasteiger partial charge is 0.167 e. The number of aliphatic hydroxyl groups excluding tert-OH is 1. The molecule has 6 heteroatoms. The number of aromatic nitrogens is 1. The molecule has 1 aliphatic carbocycles. The third-order valence-electron chi connectivity index (χ3n) is 3.64. The van der Waals surface area contributed by atoms with Crippen molar-refractivity contribution in [2.45, 2.75) is 38.9 Å². The van der Waals surface area contributed by atoms with Crippen LogP contribution in [0.1, 0.15) is 26.7 Å². The van der Waals surface area contributed by atoms with E-state index in [0.717, 1.165) is 11.1 Å². The topological polar surface area (TPSA) is 42.4 Å². The van der Waals surface area contributed by atoms with Gasteiger partial charge in [0.15, 0.2) is 15.5 Å². The van der Waals surface area contributed by atoms with Crippen LogP contribution < -0.4 is 4.74 Å². The Bertz CT molecular complexity index is 658. The lowest BCUT2D eigenvalue weighted by molar-refractivity contribution is 0.0579. The molecule has 2 unspecified atom stereocenters. The summed E-state index contributed by atoms with van der Waals surface area (Å²) < 4.78 is 21.3. The highest BCUT2D eigenvalue weighted by Gasteiger charge is 2.40. The van der Waals surface area contributed by atoms with Crippen LogP contribution in [0.25, 0.3) is 10.2 Å². The molecule has 0 saturated heterocycles. The van der Waals surface area contributed by atoms with Crippen molar-refractivity contribution in [2.75, 3.05) is 0 Å². The summed E-state index contributed by atoms with van der Waals surface area (Å²) in [6, 6.07) is 3.03. The maximum Gasteiger partial charge on any atom is 0.167 e. The monoisotopic (exact) mass is 359 g/mol. The fraction of sp³-hybridized carbons (Fsp3) is 0.500. The molecule has 1 fully saturated rings. The lowest BCUT2D eigenvalue weighted by Gasteiger charge is -2.18. The first-order valence-electron chi connectivity index (χ1n) is 6.44. The highest BCUT2D eigenvalue weighted by atomic mass is 79.9. The van der Waals surface area contributed by atoms with Gasteiger partial charge in [0, 0.05) is 12.1 Å². The lowest BCUT2D eigenvalue weighted by Crippen LogP contribution is -2.26. The number of fused-ring (bicyclic) bond motifs is 1. The van der Waals surface area contributed by atoms with E-state index in [2.05, 4.69) is 34.8 Å². The summed E-state index contributed by atoms with van der Waals surface area (Å²) in [4.78, 5) is 4.18. The summed E-state index contributed by atoms with van der Waals surface area (Å²) in [7, 11) is 0. The molecule has 0 spiro atoms. The number of hydrogen-bond acceptors (Lipinski definition) is 4. The van der Waals surface area contributed by atoms with Gasteiger partial charge in [-0.1, -0.05) is 13.8 Å². The number of benzene rings is 1. The van der Waals surface area contributed by atoms with E-state index in [-0.39, 0.29) is 17.3 Å². The van der Waals surface area contributed by atoms with Crippen LogP contribution in [0.5, 0.6) is 5.75 Å². The number of rotatable bonds is 2. The predicted molar refractivity (Wildman–Crippen MR) is 80.7 cm³/mol. The minimum absolute atomic E-state index is 0.0260. The minimum Gasteiger partial charge on any atom is -0.485 e. The Morgan fingerprint density at radius 1 is 1.45 bits per heavy atom. The zero-order valence-corrected chi connectivity index (χ0v) is 13.6. The Labute approximate surface area is 128 Å². The van der Waals surface area contributed by atoms with Crippen LogP contribution in [0.4, 0.5) is 4.39 Å². The first kappa shape index (κ1) is 14.2. The molecule has 2 atom stereocenters. The minimum atomic E-state index is -0.548. The molecular weight excluding hydrogens is 345 g/mol. The standard InChI is InChI=1S/C14H15BrFNO2S/c1-14(2)5-9(18)11(6-14)19-10-4-12-8(3-7(10)16)17-13(15)20-12/h3-4,9,11,18H,5-6H2,1-2H3. The zero-order valence-electron chi connectivity index (χ0n) is 11.2. The highest BCUT2D eigenvalue weighted by Crippen LogP contribution is 2.40. The van der Waals surface area contributed by atoms with Crippen LogP contribution in [0, 0.1) is 11.2 Å². The maximum atomic E-state index is 14.0. The molecule has 3 rings (SSSR count). The molecule has 1 N–H and O–H groups in total. The van der Waals surface area contributed by atoms with E-state index in [9.17, 15) is 9.50 Å². The van der Waals surface area contributed by atoms with Crippen molar-refractivity contribution in [1.82, 2.24) is 4.98 Å². The lowest BCUT2D eigenvalue weighted by atomic mass is 9.92. The molecule has 0 bridgehead atoms. The number of aliphatic hydroxyl groups is 1. The van der Waals surface area contributed by atoms with Gasteiger partial charge in [0.2, 0.25) is 0 Å². The summed E-state index contributed by atoms with van der Waals surface area (Å²) >= 11 is 4.72. The number of hydrogen-bond donors (Lipinski definition) is 1. The van der Waals surface area contributed by atoms with Crippen molar-refractivity contribution in [3.63, 3.8) is 0 Å². The van der Waals surface area contributed by atoms with Gasteiger partial charge in [-0.25, -0.2) is 9.37 Å². The van der Waals surface area contributed by atoms with Crippen molar-refractivity contribution in [3.8, 4) is 5.75 Å². The van der Waals surface area contributed by atoms with Crippen LogP contribution in [-0.4, -0.2) is 22.3 Å². The maximum absolute atomic E-state index is 14.0. The van der Waals surface area contributed by atoms with Crippen molar-refractivity contribution in [3.05, 3.63) is 21.9 Å². The number of ether oxygens (including phenoxy) is 1. The molecule has 1 heterocycles. The van der Waals surface area contributed by atoms with E-state index in [4.69, 9.17) is 4.74 Å². The van der Waals surface area contributed by atoms with Gasteiger partial charge >= 0.3 is 0 Å². The molecule has 108 valence electrons. The van der Waals surface area contributed by atoms with Gasteiger partial charge in [0.25, 0.3) is 0 Å². The van der Waals surface area contributed by atoms with E-state index in [1.807, 2.05) is 0 Å². The Morgan fingerprint density at radius 3 is 2.85 bits per heavy atom. The number of thiazole rings is 1. The molecule has 2 aromatic rings. The Kier molecular flexibility index (Phi) is 3.51. The molecule has 0 amide bonds. The van der Waals surface area contributed by atoms with E-state index < -0.39 is 11.9 Å². The summed E-state index contributed by atoms with van der Waals surface area (Å²) in [6.07, 6.45) is 0.493. The second-order valence-electron chi connectivity index (χ2n) is 6.01. The third-order valence-corrected chi connectivity index (χ3v) is 5.11. The largest absolute Gasteiger partial charge is 0.485 e. The molecule has 0 aliphatic heterocycles. The van der Waals surface area contributed by atoms with E-state index in [1.54, 1.807) is 6.07 Å². The second-order valence-corrected chi connectivity index (χ2v) is 8.32. The first-order chi connectivity index (χ1) is 9.34. The van der Waals surface area contributed by atoms with Gasteiger partial charge in [-0.3, -0.25) is 0 Å². The van der Waals surface area contributed by atoms with Crippen molar-refractivity contribution >= 4 is 37.5 Å². The van der Waals surface area contributed by atoms with Crippen LogP contribution in [0.15, 0.2) is 16.0 Å². The van der Waals surface area contributed by atoms with Crippen LogP contribution in [-0.2, 0) is 0 Å². The molecule has 1 saturated carbocycles. The molecule has 3 nitrogen and oxygen atoms in total. The zero-order chi connectivity index (χ0) is 14.5. The van der Waals surface area contributed by atoms with Crippen LogP contribution in [0.2, 0.25) is 0 Å². The second kappa shape index (κ2) is 4.93. The van der Waals surface area contributed by atoms with Crippen molar-refractivity contribution in [2.24, 2.45) is 5.41 Å². The molecular formula is C14H15BrFNO2S. The van der Waals surface area contributed by atoms with E-state index >= 15 is 0 Å². The summed E-state index contributed by atoms with van der Waals surface area (Å²) in [6.45, 7) is 4.17. The van der Waals surface area contributed by atoms with Crippen molar-refractivity contribution in [1.29, 1.82) is 0 Å². The quantitative estimate of drug-likeness (QED) is 0.876. The van der Waals surface area contributed by atoms with Crippen molar-refractivity contribution < 1.29 is 14.2 Å². The van der Waals surface area contributed by atoms with E-state index in [1.165, 1.54) is 17.4 Å². The summed E-state index contributed by atoms with van der Waals surface area (Å²) in [5.41, 5.74) is 0.636. The predicted octanol–water partition coefficient (Wildman–Crippen LogP) is 4.13. The normalized spacial score (nSPS) is 25.2. The van der Waals surface area contributed by atoms with Gasteiger partial charge in [0.05, 0.1) is 16.3 Å². The first-order valence-corrected chi connectivity index (χ1v) is 8.05. The third kappa shape index (κ3) is 2.69. The van der Waals surface area contributed by atoms with Gasteiger partial charge < -0.3 is 9.84 Å². The van der Waals surface area contributed by atoms with Gasteiger partial charge in [-0.2, -0.15) is 0 Å². The molecule has 1 aromatic carbocycles. The number of nitrogens with zero attached hydrogens (tertiary/aromatic N) is 1. The fourth-order valence-corrected chi connectivity index (χ4v) is 4.15. The Hall–Kier alpha value is -0.720. The number of halogens is 2. The average Bonchev–Trinajstić information content (AvgIpc) is 2.78.